The third kappa shape index (κ3) is 6.06. The highest BCUT2D eigenvalue weighted by Crippen LogP contribution is 2.22. The van der Waals surface area contributed by atoms with Gasteiger partial charge in [0.2, 0.25) is 11.7 Å². The topological polar surface area (TPSA) is 97.3 Å². The van der Waals surface area contributed by atoms with Crippen LogP contribution in [0.4, 0.5) is 14.8 Å². The van der Waals surface area contributed by atoms with Crippen molar-refractivity contribution in [3.8, 4) is 11.4 Å². The molecule has 1 aromatic heterocycles. The molecule has 0 bridgehead atoms. The maximum Gasteiger partial charge on any atom is 0.321 e. The van der Waals surface area contributed by atoms with Crippen LogP contribution < -0.4 is 11.1 Å². The molecule has 2 atom stereocenters. The SMILES string of the molecule is Cl.NC(CCc1ccccc1F)C(=O)N1CCC[C@H]1CNc1nc(-c2cccc(F)c2)no1. The summed E-state index contributed by atoms with van der Waals surface area (Å²) in [6.07, 6.45) is 2.47. The molecule has 1 amide bonds. The minimum atomic E-state index is -0.696. The first-order valence-corrected chi connectivity index (χ1v) is 10.6. The van der Waals surface area contributed by atoms with Crippen molar-refractivity contribution in [3.63, 3.8) is 0 Å². The summed E-state index contributed by atoms with van der Waals surface area (Å²) < 4.78 is 32.4. The molecule has 2 heterocycles. The highest BCUT2D eigenvalue weighted by Gasteiger charge is 2.31. The van der Waals surface area contributed by atoms with E-state index in [-0.39, 0.29) is 47.8 Å². The molecule has 33 heavy (non-hydrogen) atoms. The number of nitrogens with one attached hydrogen (secondary N) is 1. The van der Waals surface area contributed by atoms with Gasteiger partial charge in [-0.3, -0.25) is 4.79 Å². The number of hydrogen-bond acceptors (Lipinski definition) is 6. The number of hydrogen-bond donors (Lipinski definition) is 2. The van der Waals surface area contributed by atoms with Gasteiger partial charge < -0.3 is 20.5 Å². The first-order valence-electron chi connectivity index (χ1n) is 10.6. The number of nitrogens with two attached hydrogens (primary N) is 1. The average Bonchev–Trinajstić information content (AvgIpc) is 3.46. The average molecular weight is 478 g/mol. The quantitative estimate of drug-likeness (QED) is 0.512. The highest BCUT2D eigenvalue weighted by molar-refractivity contribution is 5.85. The Hall–Kier alpha value is -3.04. The molecule has 0 aliphatic carbocycles. The lowest BCUT2D eigenvalue weighted by Gasteiger charge is -2.27. The highest BCUT2D eigenvalue weighted by atomic mass is 35.5. The molecule has 2 aromatic carbocycles. The fourth-order valence-corrected chi connectivity index (χ4v) is 3.93. The van der Waals surface area contributed by atoms with Gasteiger partial charge in [-0.1, -0.05) is 35.5 Å². The maximum atomic E-state index is 13.8. The largest absolute Gasteiger partial charge is 0.337 e. The van der Waals surface area contributed by atoms with Crippen molar-refractivity contribution in [2.45, 2.75) is 37.8 Å². The number of rotatable bonds is 8. The zero-order valence-corrected chi connectivity index (χ0v) is 18.7. The first-order chi connectivity index (χ1) is 15.5. The summed E-state index contributed by atoms with van der Waals surface area (Å²) in [6.45, 7) is 1.05. The van der Waals surface area contributed by atoms with Gasteiger partial charge in [-0.15, -0.1) is 12.4 Å². The van der Waals surface area contributed by atoms with Crippen molar-refractivity contribution in [3.05, 3.63) is 65.7 Å². The summed E-state index contributed by atoms with van der Waals surface area (Å²) in [5.74, 6) is -0.529. The van der Waals surface area contributed by atoms with Crippen LogP contribution in [-0.2, 0) is 11.2 Å². The zero-order chi connectivity index (χ0) is 22.5. The molecule has 1 saturated heterocycles. The fraction of sp³-hybridized carbons (Fsp3) is 0.348. The monoisotopic (exact) mass is 477 g/mol. The van der Waals surface area contributed by atoms with Crippen LogP contribution >= 0.6 is 12.4 Å². The van der Waals surface area contributed by atoms with E-state index in [0.717, 1.165) is 12.8 Å². The van der Waals surface area contributed by atoms with Crippen LogP contribution in [0.2, 0.25) is 0 Å². The van der Waals surface area contributed by atoms with Crippen LogP contribution in [0.1, 0.15) is 24.8 Å². The minimum absolute atomic E-state index is 0. The maximum absolute atomic E-state index is 13.8. The van der Waals surface area contributed by atoms with E-state index < -0.39 is 6.04 Å². The Bertz CT molecular complexity index is 1080. The molecule has 7 nitrogen and oxygen atoms in total. The summed E-state index contributed by atoms with van der Waals surface area (Å²) >= 11 is 0. The van der Waals surface area contributed by atoms with Crippen LogP contribution in [0, 0.1) is 11.6 Å². The van der Waals surface area contributed by atoms with E-state index in [0.29, 0.717) is 37.1 Å². The molecule has 3 N–H and O–H groups in total. The molecule has 1 fully saturated rings. The molecule has 3 aromatic rings. The molecule has 4 rings (SSSR count). The lowest BCUT2D eigenvalue weighted by atomic mass is 10.0. The molecule has 1 aliphatic heterocycles. The molecule has 10 heteroatoms. The number of nitrogens with zero attached hydrogens (tertiary/aromatic N) is 3. The van der Waals surface area contributed by atoms with Gasteiger partial charge in [0.15, 0.2) is 0 Å². The number of aromatic nitrogens is 2. The Labute approximate surface area is 196 Å². The van der Waals surface area contributed by atoms with Crippen LogP contribution in [0.25, 0.3) is 11.4 Å². The smallest absolute Gasteiger partial charge is 0.321 e. The van der Waals surface area contributed by atoms with Gasteiger partial charge in [0.1, 0.15) is 11.6 Å². The fourth-order valence-electron chi connectivity index (χ4n) is 3.93. The zero-order valence-electron chi connectivity index (χ0n) is 17.9. The predicted octanol–water partition coefficient (Wildman–Crippen LogP) is 3.80. The Kier molecular flexibility index (Phi) is 8.35. The third-order valence-electron chi connectivity index (χ3n) is 5.66. The number of halogens is 3. The standard InChI is InChI=1S/C23H25F2N5O2.ClH/c24-17-7-3-6-16(13-17)21-28-23(32-29-21)27-14-18-8-4-12-30(18)22(31)20(26)11-10-15-5-1-2-9-19(15)25;/h1-3,5-7,9,13,18,20H,4,8,10-12,14,26H2,(H,27,28,29);1H/t18-,20?;/m0./s1. The lowest BCUT2D eigenvalue weighted by molar-refractivity contribution is -0.133. The minimum Gasteiger partial charge on any atom is -0.337 e. The van der Waals surface area contributed by atoms with Gasteiger partial charge in [-0.05, 0) is 49.4 Å². The number of benzene rings is 2. The first kappa shape index (κ1) is 24.6. The molecule has 0 saturated carbocycles. The van der Waals surface area contributed by atoms with E-state index in [1.54, 1.807) is 35.2 Å². The molecule has 1 aliphatic rings. The van der Waals surface area contributed by atoms with Gasteiger partial charge in [-0.2, -0.15) is 4.98 Å². The molecule has 0 spiro atoms. The van der Waals surface area contributed by atoms with Crippen LogP contribution in [0.5, 0.6) is 0 Å². The third-order valence-corrected chi connectivity index (χ3v) is 5.66. The summed E-state index contributed by atoms with van der Waals surface area (Å²) in [5.41, 5.74) is 7.21. The molecule has 176 valence electrons. The molecule has 0 radical (unpaired) electrons. The van der Waals surface area contributed by atoms with E-state index in [4.69, 9.17) is 10.3 Å². The van der Waals surface area contributed by atoms with Crippen molar-refractivity contribution in [2.75, 3.05) is 18.4 Å². The van der Waals surface area contributed by atoms with Crippen molar-refractivity contribution < 1.29 is 18.1 Å². The van der Waals surface area contributed by atoms with Crippen molar-refractivity contribution in [1.82, 2.24) is 15.0 Å². The number of carbonyl (C=O) groups is 1. The number of likely N-dealkylation sites (tertiary alicyclic amines) is 1. The number of amides is 1. The number of carbonyl (C=O) groups excluding carboxylic acids is 1. The van der Waals surface area contributed by atoms with Crippen molar-refractivity contribution in [1.29, 1.82) is 0 Å². The molecular weight excluding hydrogens is 452 g/mol. The van der Waals surface area contributed by atoms with E-state index >= 15 is 0 Å². The van der Waals surface area contributed by atoms with Gasteiger partial charge in [-0.25, -0.2) is 8.78 Å². The number of aryl methyl sites for hydroxylation is 1. The van der Waals surface area contributed by atoms with E-state index in [2.05, 4.69) is 15.5 Å². The summed E-state index contributed by atoms with van der Waals surface area (Å²) in [4.78, 5) is 18.9. The normalized spacial score (nSPS) is 16.3. The summed E-state index contributed by atoms with van der Waals surface area (Å²) in [6, 6.07) is 11.9. The molecular formula is C23H26ClF2N5O2. The predicted molar refractivity (Wildman–Crippen MR) is 123 cm³/mol. The van der Waals surface area contributed by atoms with Crippen LogP contribution in [0.3, 0.4) is 0 Å². The Morgan fingerprint density at radius 1 is 1.24 bits per heavy atom. The summed E-state index contributed by atoms with van der Waals surface area (Å²) in [7, 11) is 0. The van der Waals surface area contributed by atoms with Gasteiger partial charge in [0.25, 0.3) is 0 Å². The van der Waals surface area contributed by atoms with Crippen molar-refractivity contribution in [2.24, 2.45) is 5.73 Å². The second-order valence-electron chi connectivity index (χ2n) is 7.88. The second kappa shape index (κ2) is 11.2. The Morgan fingerprint density at radius 3 is 2.85 bits per heavy atom. The number of anilines is 1. The van der Waals surface area contributed by atoms with E-state index in [1.165, 1.54) is 18.2 Å². The van der Waals surface area contributed by atoms with E-state index in [1.807, 2.05) is 0 Å². The summed E-state index contributed by atoms with van der Waals surface area (Å²) in [5, 5.41) is 6.93. The second-order valence-corrected chi connectivity index (χ2v) is 7.88. The molecule has 1 unspecified atom stereocenters. The van der Waals surface area contributed by atoms with Crippen molar-refractivity contribution >= 4 is 24.3 Å². The Morgan fingerprint density at radius 2 is 2.06 bits per heavy atom. The Balaban J connectivity index is 0.00000306. The lowest BCUT2D eigenvalue weighted by Crippen LogP contribution is -2.48. The van der Waals surface area contributed by atoms with Gasteiger partial charge in [0.05, 0.1) is 6.04 Å². The van der Waals surface area contributed by atoms with Gasteiger partial charge >= 0.3 is 6.01 Å². The van der Waals surface area contributed by atoms with E-state index in [9.17, 15) is 13.6 Å². The van der Waals surface area contributed by atoms with Crippen LogP contribution in [-0.4, -0.2) is 46.1 Å². The van der Waals surface area contributed by atoms with Gasteiger partial charge in [0, 0.05) is 24.7 Å². The van der Waals surface area contributed by atoms with Crippen LogP contribution in [0.15, 0.2) is 53.1 Å².